The van der Waals surface area contributed by atoms with Gasteiger partial charge >= 0.3 is 0 Å². The van der Waals surface area contributed by atoms with Crippen molar-refractivity contribution in [1.29, 1.82) is 0 Å². The van der Waals surface area contributed by atoms with E-state index in [2.05, 4.69) is 0 Å². The molecule has 1 aliphatic rings. The lowest BCUT2D eigenvalue weighted by Gasteiger charge is -2.11. The molecule has 4 heteroatoms. The van der Waals surface area contributed by atoms with E-state index in [0.717, 1.165) is 12.8 Å². The molecule has 1 aliphatic carbocycles. The third-order valence-corrected chi connectivity index (χ3v) is 2.54. The van der Waals surface area contributed by atoms with Gasteiger partial charge in [-0.25, -0.2) is 4.39 Å². The van der Waals surface area contributed by atoms with Gasteiger partial charge < -0.3 is 15.2 Å². The Hall–Kier alpha value is -1.29. The molecule has 0 amide bonds. The summed E-state index contributed by atoms with van der Waals surface area (Å²) in [7, 11) is 1.43. The molecule has 0 bridgehead atoms. The van der Waals surface area contributed by atoms with Crippen LogP contribution in [0, 0.1) is 5.82 Å². The molecule has 0 radical (unpaired) electrons. The molecule has 3 nitrogen and oxygen atoms in total. The summed E-state index contributed by atoms with van der Waals surface area (Å²) in [5.41, 5.74) is 5.66. The zero-order valence-electron chi connectivity index (χ0n) is 8.63. The number of methoxy groups -OCH3 is 1. The second-order valence-electron chi connectivity index (χ2n) is 3.95. The molecule has 1 saturated carbocycles. The number of nitrogens with two attached hydrogens (primary N) is 1. The predicted octanol–water partition coefficient (Wildman–Crippen LogP) is 1.70. The number of hydrogen-bond donors (Lipinski definition) is 1. The van der Waals surface area contributed by atoms with Gasteiger partial charge in [-0.15, -0.1) is 0 Å². The van der Waals surface area contributed by atoms with Crippen LogP contribution in [0.5, 0.6) is 11.5 Å². The van der Waals surface area contributed by atoms with E-state index in [0.29, 0.717) is 12.4 Å². The van der Waals surface area contributed by atoms with Crippen molar-refractivity contribution >= 4 is 0 Å². The molecule has 0 spiro atoms. The second-order valence-corrected chi connectivity index (χ2v) is 3.95. The highest BCUT2D eigenvalue weighted by Gasteiger charge is 2.39. The molecule has 0 aromatic heterocycles. The van der Waals surface area contributed by atoms with Crippen LogP contribution in [0.25, 0.3) is 0 Å². The molecule has 2 N–H and O–H groups in total. The van der Waals surface area contributed by atoms with E-state index in [9.17, 15) is 4.39 Å². The highest BCUT2D eigenvalue weighted by molar-refractivity contribution is 5.33. The summed E-state index contributed by atoms with van der Waals surface area (Å²) in [6, 6.07) is 4.53. The first-order chi connectivity index (χ1) is 7.13. The summed E-state index contributed by atoms with van der Waals surface area (Å²) < 4.78 is 23.4. The van der Waals surface area contributed by atoms with Gasteiger partial charge in [-0.1, -0.05) is 0 Å². The highest BCUT2D eigenvalue weighted by Crippen LogP contribution is 2.33. The van der Waals surface area contributed by atoms with E-state index in [-0.39, 0.29) is 11.3 Å². The van der Waals surface area contributed by atoms with Crippen molar-refractivity contribution in [2.45, 2.75) is 18.4 Å². The first kappa shape index (κ1) is 10.2. The molecule has 1 aromatic rings. The summed E-state index contributed by atoms with van der Waals surface area (Å²) in [6.07, 6.45) is 1.96. The van der Waals surface area contributed by atoms with Crippen LogP contribution in [-0.4, -0.2) is 19.3 Å². The van der Waals surface area contributed by atoms with Crippen LogP contribution in [0.4, 0.5) is 4.39 Å². The van der Waals surface area contributed by atoms with Gasteiger partial charge in [0.25, 0.3) is 0 Å². The second kappa shape index (κ2) is 3.70. The monoisotopic (exact) mass is 211 g/mol. The van der Waals surface area contributed by atoms with Gasteiger partial charge in [0, 0.05) is 6.07 Å². The van der Waals surface area contributed by atoms with Crippen LogP contribution < -0.4 is 15.2 Å². The van der Waals surface area contributed by atoms with Gasteiger partial charge in [-0.3, -0.25) is 0 Å². The molecule has 1 fully saturated rings. The lowest BCUT2D eigenvalue weighted by Crippen LogP contribution is -2.29. The Morgan fingerprint density at radius 3 is 2.73 bits per heavy atom. The maximum absolute atomic E-state index is 13.2. The number of benzene rings is 1. The minimum atomic E-state index is -0.420. The maximum Gasteiger partial charge on any atom is 0.168 e. The Morgan fingerprint density at radius 1 is 1.47 bits per heavy atom. The highest BCUT2D eigenvalue weighted by atomic mass is 19.1. The Labute approximate surface area is 88.0 Å². The van der Waals surface area contributed by atoms with Crippen LogP contribution in [-0.2, 0) is 0 Å². The summed E-state index contributed by atoms with van der Waals surface area (Å²) in [4.78, 5) is 0. The molecule has 2 rings (SSSR count). The molecule has 0 unspecified atom stereocenters. The number of ether oxygens (including phenoxy) is 2. The largest absolute Gasteiger partial charge is 0.494 e. The zero-order chi connectivity index (χ0) is 10.9. The maximum atomic E-state index is 13.2. The van der Waals surface area contributed by atoms with Crippen LogP contribution in [0.3, 0.4) is 0 Å². The minimum absolute atomic E-state index is 0.184. The molecular formula is C11H14FNO2. The van der Waals surface area contributed by atoms with Crippen molar-refractivity contribution in [3.05, 3.63) is 24.0 Å². The van der Waals surface area contributed by atoms with E-state index in [1.54, 1.807) is 12.1 Å². The smallest absolute Gasteiger partial charge is 0.168 e. The third kappa shape index (κ3) is 2.39. The third-order valence-electron chi connectivity index (χ3n) is 2.54. The molecular weight excluding hydrogens is 197 g/mol. The van der Waals surface area contributed by atoms with Crippen LogP contribution in [0.2, 0.25) is 0 Å². The normalized spacial score (nSPS) is 17.3. The Bertz CT molecular complexity index is 364. The summed E-state index contributed by atoms with van der Waals surface area (Å²) >= 11 is 0. The fraction of sp³-hybridized carbons (Fsp3) is 0.455. The van der Waals surface area contributed by atoms with Gasteiger partial charge in [0.15, 0.2) is 11.6 Å². The summed E-state index contributed by atoms with van der Waals surface area (Å²) in [6.45, 7) is 0.443. The number of hydrogen-bond acceptors (Lipinski definition) is 3. The standard InChI is InChI=1S/C11H14FNO2/c1-14-10-3-2-8(6-9(10)12)15-7-11(13)4-5-11/h2-3,6H,4-5,7,13H2,1H3. The van der Waals surface area contributed by atoms with E-state index in [4.69, 9.17) is 15.2 Å². The van der Waals surface area contributed by atoms with Crippen LogP contribution in [0.15, 0.2) is 18.2 Å². The zero-order valence-corrected chi connectivity index (χ0v) is 8.63. The average Bonchev–Trinajstić information content (AvgIpc) is 2.95. The number of rotatable bonds is 4. The minimum Gasteiger partial charge on any atom is -0.494 e. The fourth-order valence-electron chi connectivity index (χ4n) is 1.27. The molecule has 15 heavy (non-hydrogen) atoms. The molecule has 0 aliphatic heterocycles. The fourth-order valence-corrected chi connectivity index (χ4v) is 1.27. The molecule has 1 aromatic carbocycles. The van der Waals surface area contributed by atoms with E-state index in [1.807, 2.05) is 0 Å². The first-order valence-electron chi connectivity index (χ1n) is 4.88. The Morgan fingerprint density at radius 2 is 2.20 bits per heavy atom. The van der Waals surface area contributed by atoms with Crippen molar-refractivity contribution in [2.24, 2.45) is 5.73 Å². The summed E-state index contributed by atoms with van der Waals surface area (Å²) in [5, 5.41) is 0. The van der Waals surface area contributed by atoms with Crippen molar-refractivity contribution in [3.8, 4) is 11.5 Å². The van der Waals surface area contributed by atoms with Crippen molar-refractivity contribution in [3.63, 3.8) is 0 Å². The molecule has 0 heterocycles. The van der Waals surface area contributed by atoms with E-state index in [1.165, 1.54) is 13.2 Å². The molecule has 82 valence electrons. The van der Waals surface area contributed by atoms with Gasteiger partial charge in [0.1, 0.15) is 12.4 Å². The quantitative estimate of drug-likeness (QED) is 0.824. The first-order valence-corrected chi connectivity index (χ1v) is 4.88. The predicted molar refractivity (Wildman–Crippen MR) is 54.6 cm³/mol. The molecule has 0 saturated heterocycles. The lowest BCUT2D eigenvalue weighted by atomic mass is 10.3. The van der Waals surface area contributed by atoms with Gasteiger partial charge in [-0.2, -0.15) is 0 Å². The van der Waals surface area contributed by atoms with E-state index < -0.39 is 5.82 Å². The van der Waals surface area contributed by atoms with Crippen molar-refractivity contribution in [1.82, 2.24) is 0 Å². The Kier molecular flexibility index (Phi) is 2.52. The van der Waals surface area contributed by atoms with Gasteiger partial charge in [0.2, 0.25) is 0 Å². The average molecular weight is 211 g/mol. The van der Waals surface area contributed by atoms with Crippen molar-refractivity contribution in [2.75, 3.05) is 13.7 Å². The Balaban J connectivity index is 1.99. The SMILES string of the molecule is COc1ccc(OCC2(N)CC2)cc1F. The molecule has 0 atom stereocenters. The van der Waals surface area contributed by atoms with E-state index >= 15 is 0 Å². The van der Waals surface area contributed by atoms with Crippen LogP contribution in [0.1, 0.15) is 12.8 Å². The lowest BCUT2D eigenvalue weighted by molar-refractivity contribution is 0.277. The topological polar surface area (TPSA) is 44.5 Å². The van der Waals surface area contributed by atoms with Crippen molar-refractivity contribution < 1.29 is 13.9 Å². The van der Waals surface area contributed by atoms with Gasteiger partial charge in [-0.05, 0) is 25.0 Å². The van der Waals surface area contributed by atoms with Crippen LogP contribution >= 0.6 is 0 Å². The van der Waals surface area contributed by atoms with Gasteiger partial charge in [0.05, 0.1) is 12.6 Å². The number of halogens is 1. The summed E-state index contributed by atoms with van der Waals surface area (Å²) in [5.74, 6) is 0.290.